The van der Waals surface area contributed by atoms with Crippen LogP contribution in [0.5, 0.6) is 0 Å². The van der Waals surface area contributed by atoms with E-state index in [0.29, 0.717) is 25.7 Å². The van der Waals surface area contributed by atoms with E-state index in [1.165, 1.54) is 0 Å². The molecule has 1 heterocycles. The van der Waals surface area contributed by atoms with Crippen molar-refractivity contribution in [1.29, 1.82) is 0 Å². The summed E-state index contributed by atoms with van der Waals surface area (Å²) in [5.74, 6) is -0.904. The molecule has 1 amide bonds. The van der Waals surface area contributed by atoms with Crippen molar-refractivity contribution in [2.45, 2.75) is 70.3 Å². The van der Waals surface area contributed by atoms with Gasteiger partial charge in [-0.2, -0.15) is 0 Å². The Kier molecular flexibility index (Phi) is 8.40. The molecule has 0 spiro atoms. The van der Waals surface area contributed by atoms with E-state index in [4.69, 9.17) is 10.5 Å². The van der Waals surface area contributed by atoms with Crippen LogP contribution in [0.25, 0.3) is 0 Å². The molecule has 118 valence electrons. The first-order valence-electron chi connectivity index (χ1n) is 7.75. The van der Waals surface area contributed by atoms with Gasteiger partial charge in [0.2, 0.25) is 0 Å². The number of carbonyl (C=O) groups excluding carboxylic acids is 3. The normalized spacial score (nSPS) is 23.5. The van der Waals surface area contributed by atoms with Gasteiger partial charge in [0.25, 0.3) is 5.91 Å². The maximum atomic E-state index is 11.6. The molecule has 1 aliphatic heterocycles. The molecule has 5 nitrogen and oxygen atoms in total. The molecule has 0 aliphatic carbocycles. The third-order valence-corrected chi connectivity index (χ3v) is 3.52. The summed E-state index contributed by atoms with van der Waals surface area (Å²) < 4.78 is 5.07. The fourth-order valence-corrected chi connectivity index (χ4v) is 2.27. The predicted octanol–water partition coefficient (Wildman–Crippen LogP) is 2.42. The first-order chi connectivity index (χ1) is 10.1. The van der Waals surface area contributed by atoms with Crippen LogP contribution >= 0.6 is 0 Å². The molecule has 21 heavy (non-hydrogen) atoms. The number of ether oxygens (including phenoxy) is 1. The summed E-state index contributed by atoms with van der Waals surface area (Å²) in [6.07, 6.45) is 9.94. The Morgan fingerprint density at radius 3 is 2.48 bits per heavy atom. The largest absolute Gasteiger partial charge is 0.452 e. The van der Waals surface area contributed by atoms with Gasteiger partial charge in [0.05, 0.1) is 0 Å². The van der Waals surface area contributed by atoms with Crippen LogP contribution in [0.2, 0.25) is 0 Å². The molecule has 0 fully saturated rings. The van der Waals surface area contributed by atoms with E-state index in [-0.39, 0.29) is 12.2 Å². The van der Waals surface area contributed by atoms with Crippen LogP contribution in [0.15, 0.2) is 12.2 Å². The molecule has 0 aromatic carbocycles. The van der Waals surface area contributed by atoms with E-state index >= 15 is 0 Å². The monoisotopic (exact) mass is 295 g/mol. The van der Waals surface area contributed by atoms with E-state index in [2.05, 4.69) is 0 Å². The highest BCUT2D eigenvalue weighted by molar-refractivity contribution is 5.83. The highest BCUT2D eigenvalue weighted by Crippen LogP contribution is 2.11. The number of ketones is 1. The molecular weight excluding hydrogens is 270 g/mol. The second-order valence-corrected chi connectivity index (χ2v) is 5.43. The lowest BCUT2D eigenvalue weighted by Gasteiger charge is -2.13. The smallest absolute Gasteiger partial charge is 0.306 e. The summed E-state index contributed by atoms with van der Waals surface area (Å²) in [6.45, 7) is 0. The number of allylic oxidation sites excluding steroid dienone is 1. The SMILES string of the molecule is NC(=O)C1CC=CCCCCCCC(=O)CCCC(=O)O1. The molecule has 0 saturated carbocycles. The van der Waals surface area contributed by atoms with Gasteiger partial charge in [0.15, 0.2) is 6.10 Å². The molecule has 1 aliphatic rings. The zero-order chi connectivity index (χ0) is 15.5. The number of hydrogen-bond donors (Lipinski definition) is 1. The lowest BCUT2D eigenvalue weighted by atomic mass is 10.0. The van der Waals surface area contributed by atoms with E-state index < -0.39 is 18.0 Å². The van der Waals surface area contributed by atoms with E-state index in [1.54, 1.807) is 0 Å². The van der Waals surface area contributed by atoms with Gasteiger partial charge in [-0.15, -0.1) is 0 Å². The number of rotatable bonds is 1. The molecule has 2 N–H and O–H groups in total. The van der Waals surface area contributed by atoms with Crippen LogP contribution in [-0.4, -0.2) is 23.8 Å². The summed E-state index contributed by atoms with van der Waals surface area (Å²) in [7, 11) is 0. The highest BCUT2D eigenvalue weighted by atomic mass is 16.5. The topological polar surface area (TPSA) is 86.5 Å². The second-order valence-electron chi connectivity index (χ2n) is 5.43. The van der Waals surface area contributed by atoms with Crippen molar-refractivity contribution < 1.29 is 19.1 Å². The van der Waals surface area contributed by atoms with Crippen molar-refractivity contribution in [3.8, 4) is 0 Å². The van der Waals surface area contributed by atoms with Crippen molar-refractivity contribution in [3.63, 3.8) is 0 Å². The molecule has 0 aromatic heterocycles. The van der Waals surface area contributed by atoms with Gasteiger partial charge in [-0.1, -0.05) is 25.0 Å². The molecule has 0 aromatic rings. The first-order valence-corrected chi connectivity index (χ1v) is 7.75. The van der Waals surface area contributed by atoms with Crippen molar-refractivity contribution in [2.75, 3.05) is 0 Å². The molecule has 1 atom stereocenters. The van der Waals surface area contributed by atoms with Gasteiger partial charge in [0.1, 0.15) is 5.78 Å². The maximum absolute atomic E-state index is 11.6. The fourth-order valence-electron chi connectivity index (χ4n) is 2.27. The lowest BCUT2D eigenvalue weighted by molar-refractivity contribution is -0.154. The molecule has 5 heteroatoms. The minimum atomic E-state index is -0.905. The Balaban J connectivity index is 2.54. The Morgan fingerprint density at radius 2 is 1.71 bits per heavy atom. The highest BCUT2D eigenvalue weighted by Gasteiger charge is 2.18. The van der Waals surface area contributed by atoms with E-state index in [1.807, 2.05) is 12.2 Å². The Hall–Kier alpha value is -1.65. The molecule has 1 rings (SSSR count). The van der Waals surface area contributed by atoms with Crippen molar-refractivity contribution in [2.24, 2.45) is 5.73 Å². The van der Waals surface area contributed by atoms with Crippen molar-refractivity contribution in [1.82, 2.24) is 0 Å². The van der Waals surface area contributed by atoms with E-state index in [9.17, 15) is 14.4 Å². The molecule has 1 unspecified atom stereocenters. The summed E-state index contributed by atoms with van der Waals surface area (Å²) in [4.78, 5) is 34.5. The van der Waals surface area contributed by atoms with Crippen LogP contribution in [0.4, 0.5) is 0 Å². The molecule has 0 radical (unpaired) electrons. The minimum Gasteiger partial charge on any atom is -0.452 e. The van der Waals surface area contributed by atoms with Crippen molar-refractivity contribution >= 4 is 17.7 Å². The standard InChI is InChI=1S/C16H25NO4/c17-16(20)14-11-7-5-3-1-2-4-6-9-13(18)10-8-12-15(19)21-14/h5,7,14H,1-4,6,8-12H2,(H2,17,20). The molecular formula is C16H25NO4. The Morgan fingerprint density at radius 1 is 1.00 bits per heavy atom. The van der Waals surface area contributed by atoms with Crippen LogP contribution in [0.3, 0.4) is 0 Å². The van der Waals surface area contributed by atoms with E-state index in [0.717, 1.165) is 32.1 Å². The van der Waals surface area contributed by atoms with Crippen LogP contribution in [-0.2, 0) is 19.1 Å². The number of esters is 1. The second kappa shape index (κ2) is 10.1. The third-order valence-electron chi connectivity index (χ3n) is 3.52. The molecule has 0 bridgehead atoms. The number of Topliss-reactive ketones (excluding diaryl/α,β-unsaturated/α-hetero) is 1. The van der Waals surface area contributed by atoms with Gasteiger partial charge in [-0.05, 0) is 25.7 Å². The van der Waals surface area contributed by atoms with Crippen LogP contribution in [0.1, 0.15) is 64.2 Å². The molecule has 0 saturated heterocycles. The number of cyclic esters (lactones) is 1. The number of carbonyl (C=O) groups is 3. The maximum Gasteiger partial charge on any atom is 0.306 e. The van der Waals surface area contributed by atoms with Crippen molar-refractivity contribution in [3.05, 3.63) is 12.2 Å². The first kappa shape index (κ1) is 17.4. The van der Waals surface area contributed by atoms with Gasteiger partial charge in [-0.25, -0.2) is 0 Å². The van der Waals surface area contributed by atoms with Gasteiger partial charge in [-0.3, -0.25) is 14.4 Å². The quantitative estimate of drug-likeness (QED) is 0.594. The summed E-state index contributed by atoms with van der Waals surface area (Å²) >= 11 is 0. The average molecular weight is 295 g/mol. The summed E-state index contributed by atoms with van der Waals surface area (Å²) in [5.41, 5.74) is 5.23. The zero-order valence-electron chi connectivity index (χ0n) is 12.5. The summed E-state index contributed by atoms with van der Waals surface area (Å²) in [5, 5.41) is 0. The van der Waals surface area contributed by atoms with Crippen LogP contribution in [0, 0.1) is 0 Å². The third kappa shape index (κ3) is 8.27. The number of nitrogens with two attached hydrogens (primary N) is 1. The van der Waals surface area contributed by atoms with Gasteiger partial charge in [0, 0.05) is 25.7 Å². The average Bonchev–Trinajstić information content (AvgIpc) is 2.42. The Bertz CT molecular complexity index is 390. The van der Waals surface area contributed by atoms with Gasteiger partial charge < -0.3 is 10.5 Å². The number of amides is 1. The minimum absolute atomic E-state index is 0.152. The number of primary amides is 1. The summed E-state index contributed by atoms with van der Waals surface area (Å²) in [6, 6.07) is 0. The van der Waals surface area contributed by atoms with Crippen LogP contribution < -0.4 is 5.73 Å². The lowest BCUT2D eigenvalue weighted by Crippen LogP contribution is -2.32. The van der Waals surface area contributed by atoms with Gasteiger partial charge >= 0.3 is 5.97 Å². The fraction of sp³-hybridized carbons (Fsp3) is 0.688. The zero-order valence-corrected chi connectivity index (χ0v) is 12.5. The predicted molar refractivity (Wildman–Crippen MR) is 79.4 cm³/mol. The Labute approximate surface area is 125 Å². The number of hydrogen-bond acceptors (Lipinski definition) is 4.